The van der Waals surface area contributed by atoms with E-state index in [1.807, 2.05) is 27.7 Å². The Balaban J connectivity index is 2.73. The number of thioether (sulfide) groups is 1. The molecular weight excluding hydrogens is 274 g/mol. The fraction of sp³-hybridized carbons (Fsp3) is 0.933. The normalized spacial score (nSPS) is 29.8. The molecule has 1 aliphatic rings. The summed E-state index contributed by atoms with van der Waals surface area (Å²) in [5.41, 5.74) is -0.529. The van der Waals surface area contributed by atoms with Crippen molar-refractivity contribution in [2.24, 2.45) is 0 Å². The SMILES string of the molecule is CCNC1(C(=O)OCC)CCCC(SC(C)C(C)O)C1. The smallest absolute Gasteiger partial charge is 0.326 e. The molecule has 1 aliphatic carbocycles. The topological polar surface area (TPSA) is 58.6 Å². The molecule has 0 saturated heterocycles. The van der Waals surface area contributed by atoms with Crippen LogP contribution in [0.15, 0.2) is 0 Å². The van der Waals surface area contributed by atoms with Gasteiger partial charge >= 0.3 is 5.97 Å². The number of aliphatic hydroxyl groups is 1. The van der Waals surface area contributed by atoms with Crippen molar-refractivity contribution in [3.63, 3.8) is 0 Å². The summed E-state index contributed by atoms with van der Waals surface area (Å²) in [4.78, 5) is 12.3. The maximum atomic E-state index is 12.3. The van der Waals surface area contributed by atoms with Crippen molar-refractivity contribution in [3.05, 3.63) is 0 Å². The van der Waals surface area contributed by atoms with E-state index in [4.69, 9.17) is 4.74 Å². The molecular formula is C15H29NO3S. The second-order valence-corrected chi connectivity index (χ2v) is 7.32. The number of likely N-dealkylation sites (N-methyl/N-ethyl adjacent to an activating group) is 1. The molecule has 118 valence electrons. The first-order valence-electron chi connectivity index (χ1n) is 7.71. The van der Waals surface area contributed by atoms with Gasteiger partial charge in [-0.1, -0.05) is 13.8 Å². The van der Waals surface area contributed by atoms with Gasteiger partial charge in [-0.15, -0.1) is 0 Å². The van der Waals surface area contributed by atoms with E-state index < -0.39 is 5.54 Å². The zero-order valence-electron chi connectivity index (χ0n) is 13.1. The molecule has 0 radical (unpaired) electrons. The van der Waals surface area contributed by atoms with Crippen LogP contribution < -0.4 is 5.32 Å². The minimum Gasteiger partial charge on any atom is -0.465 e. The van der Waals surface area contributed by atoms with Crippen LogP contribution in [0, 0.1) is 0 Å². The summed E-state index contributed by atoms with van der Waals surface area (Å²) in [6.45, 7) is 8.93. The van der Waals surface area contributed by atoms with Crippen molar-refractivity contribution >= 4 is 17.7 Å². The predicted octanol–water partition coefficient (Wildman–Crippen LogP) is 2.34. The fourth-order valence-corrected chi connectivity index (χ4v) is 4.30. The van der Waals surface area contributed by atoms with Crippen molar-refractivity contribution in [2.45, 2.75) is 75.5 Å². The third kappa shape index (κ3) is 4.64. The Morgan fingerprint density at radius 1 is 1.50 bits per heavy atom. The van der Waals surface area contributed by atoms with Crippen molar-refractivity contribution in [3.8, 4) is 0 Å². The van der Waals surface area contributed by atoms with Crippen LogP contribution in [-0.2, 0) is 9.53 Å². The van der Waals surface area contributed by atoms with Crippen molar-refractivity contribution in [1.82, 2.24) is 5.32 Å². The molecule has 0 aromatic rings. The molecule has 0 aliphatic heterocycles. The van der Waals surface area contributed by atoms with E-state index in [2.05, 4.69) is 5.32 Å². The summed E-state index contributed by atoms with van der Waals surface area (Å²) >= 11 is 1.79. The Labute approximate surface area is 127 Å². The molecule has 4 unspecified atom stereocenters. The number of hydrogen-bond acceptors (Lipinski definition) is 5. The van der Waals surface area contributed by atoms with Gasteiger partial charge in [-0.25, -0.2) is 0 Å². The lowest BCUT2D eigenvalue weighted by Gasteiger charge is -2.40. The molecule has 4 nitrogen and oxygen atoms in total. The zero-order valence-corrected chi connectivity index (χ0v) is 14.0. The average Bonchev–Trinajstić information content (AvgIpc) is 2.39. The van der Waals surface area contributed by atoms with Crippen LogP contribution in [0.1, 0.15) is 53.4 Å². The molecule has 20 heavy (non-hydrogen) atoms. The van der Waals surface area contributed by atoms with Crippen molar-refractivity contribution in [1.29, 1.82) is 0 Å². The van der Waals surface area contributed by atoms with E-state index in [0.717, 1.165) is 32.2 Å². The maximum absolute atomic E-state index is 12.3. The molecule has 4 atom stereocenters. The highest BCUT2D eigenvalue weighted by Gasteiger charge is 2.43. The van der Waals surface area contributed by atoms with Gasteiger partial charge in [0.15, 0.2) is 0 Å². The van der Waals surface area contributed by atoms with Gasteiger partial charge < -0.3 is 15.2 Å². The van der Waals surface area contributed by atoms with Crippen molar-refractivity contribution < 1.29 is 14.6 Å². The average molecular weight is 303 g/mol. The largest absolute Gasteiger partial charge is 0.465 e. The number of hydrogen-bond donors (Lipinski definition) is 2. The van der Waals surface area contributed by atoms with E-state index in [-0.39, 0.29) is 17.3 Å². The third-order valence-corrected chi connectivity index (χ3v) is 5.58. The quantitative estimate of drug-likeness (QED) is 0.707. The van der Waals surface area contributed by atoms with Gasteiger partial charge in [0.2, 0.25) is 0 Å². The van der Waals surface area contributed by atoms with Crippen LogP contribution in [-0.4, -0.2) is 46.4 Å². The first kappa shape index (κ1) is 17.8. The first-order valence-corrected chi connectivity index (χ1v) is 8.65. The van der Waals surface area contributed by atoms with Gasteiger partial charge in [-0.2, -0.15) is 11.8 Å². The summed E-state index contributed by atoms with van der Waals surface area (Å²) in [6, 6.07) is 0. The number of ether oxygens (including phenoxy) is 1. The summed E-state index contributed by atoms with van der Waals surface area (Å²) in [5.74, 6) is -0.114. The second-order valence-electron chi connectivity index (χ2n) is 5.63. The third-order valence-electron chi connectivity index (χ3n) is 3.97. The minimum atomic E-state index is -0.529. The molecule has 2 N–H and O–H groups in total. The van der Waals surface area contributed by atoms with Crippen LogP contribution in [0.3, 0.4) is 0 Å². The molecule has 1 saturated carbocycles. The number of carbonyl (C=O) groups excluding carboxylic acids is 1. The lowest BCUT2D eigenvalue weighted by molar-refractivity contribution is -0.152. The van der Waals surface area contributed by atoms with Crippen LogP contribution in [0.2, 0.25) is 0 Å². The molecule has 0 spiro atoms. The maximum Gasteiger partial charge on any atom is 0.326 e. The van der Waals surface area contributed by atoms with E-state index in [1.165, 1.54) is 0 Å². The lowest BCUT2D eigenvalue weighted by Crippen LogP contribution is -2.56. The van der Waals surface area contributed by atoms with Gasteiger partial charge in [-0.3, -0.25) is 4.79 Å². The van der Waals surface area contributed by atoms with E-state index in [0.29, 0.717) is 11.9 Å². The van der Waals surface area contributed by atoms with Gasteiger partial charge in [0, 0.05) is 10.5 Å². The van der Waals surface area contributed by atoms with Crippen LogP contribution in [0.25, 0.3) is 0 Å². The van der Waals surface area contributed by atoms with Gasteiger partial charge in [0.25, 0.3) is 0 Å². The summed E-state index contributed by atoms with van der Waals surface area (Å²) in [7, 11) is 0. The minimum absolute atomic E-state index is 0.114. The van der Waals surface area contributed by atoms with Gasteiger partial charge in [0.1, 0.15) is 5.54 Å². The molecule has 0 bridgehead atoms. The summed E-state index contributed by atoms with van der Waals surface area (Å²) in [5, 5.41) is 13.6. The Hall–Kier alpha value is -0.260. The van der Waals surface area contributed by atoms with Gasteiger partial charge in [-0.05, 0) is 46.1 Å². The molecule has 0 aromatic carbocycles. The van der Waals surface area contributed by atoms with Crippen LogP contribution in [0.5, 0.6) is 0 Å². The Morgan fingerprint density at radius 3 is 2.75 bits per heavy atom. The molecule has 0 heterocycles. The summed E-state index contributed by atoms with van der Waals surface area (Å²) < 4.78 is 5.28. The molecule has 1 fully saturated rings. The number of nitrogens with one attached hydrogen (secondary N) is 1. The van der Waals surface area contributed by atoms with E-state index >= 15 is 0 Å². The second kappa shape index (κ2) is 8.25. The fourth-order valence-electron chi connectivity index (χ4n) is 2.78. The Morgan fingerprint density at radius 2 is 2.20 bits per heavy atom. The number of rotatable bonds is 7. The highest BCUT2D eigenvalue weighted by Crippen LogP contribution is 2.38. The molecule has 0 aromatic heterocycles. The van der Waals surface area contributed by atoms with Crippen molar-refractivity contribution in [2.75, 3.05) is 13.2 Å². The van der Waals surface area contributed by atoms with Crippen LogP contribution in [0.4, 0.5) is 0 Å². The monoisotopic (exact) mass is 303 g/mol. The lowest BCUT2D eigenvalue weighted by atomic mass is 9.81. The van der Waals surface area contributed by atoms with Crippen LogP contribution >= 0.6 is 11.8 Å². The molecule has 1 rings (SSSR count). The van der Waals surface area contributed by atoms with E-state index in [9.17, 15) is 9.90 Å². The standard InChI is InChI=1S/C15H29NO3S/c1-5-16-15(14(18)19-6-2)9-7-8-13(10-15)20-12(4)11(3)17/h11-13,16-17H,5-10H2,1-4H3. The zero-order chi connectivity index (χ0) is 15.2. The summed E-state index contributed by atoms with van der Waals surface area (Å²) in [6.07, 6.45) is 3.45. The highest BCUT2D eigenvalue weighted by atomic mass is 32.2. The number of aliphatic hydroxyl groups excluding tert-OH is 1. The van der Waals surface area contributed by atoms with E-state index in [1.54, 1.807) is 11.8 Å². The number of esters is 1. The number of carbonyl (C=O) groups is 1. The molecule has 0 amide bonds. The Kier molecular flexibility index (Phi) is 7.34. The Bertz CT molecular complexity index is 307. The predicted molar refractivity (Wildman–Crippen MR) is 84.0 cm³/mol. The molecule has 5 heteroatoms. The first-order chi connectivity index (χ1) is 9.45. The van der Waals surface area contributed by atoms with Gasteiger partial charge in [0.05, 0.1) is 12.7 Å². The highest BCUT2D eigenvalue weighted by molar-refractivity contribution is 8.00.